The van der Waals surface area contributed by atoms with Crippen molar-refractivity contribution in [3.05, 3.63) is 47.5 Å². The lowest BCUT2D eigenvalue weighted by Gasteiger charge is -2.39. The van der Waals surface area contributed by atoms with Crippen molar-refractivity contribution in [3.63, 3.8) is 0 Å². The van der Waals surface area contributed by atoms with Gasteiger partial charge in [-0.25, -0.2) is 0 Å². The SMILES string of the molecule is COc1ccc(C(=O)N2CCO[C@H](CN3CCN(C(=O)c4cc(OC)c(OC)c(OC)c4)CC3)C2)cc1. The largest absolute Gasteiger partial charge is 0.497 e. The van der Waals surface area contributed by atoms with Crippen molar-refractivity contribution in [1.82, 2.24) is 14.7 Å². The number of carbonyl (C=O) groups is 2. The van der Waals surface area contributed by atoms with Crippen LogP contribution in [-0.2, 0) is 4.74 Å². The first-order chi connectivity index (χ1) is 18.0. The zero-order valence-corrected chi connectivity index (χ0v) is 21.9. The highest BCUT2D eigenvalue weighted by Gasteiger charge is 2.29. The predicted octanol–water partition coefficient (Wildman–Crippen LogP) is 2.02. The number of nitrogens with zero attached hydrogens (tertiary/aromatic N) is 3. The maximum Gasteiger partial charge on any atom is 0.254 e. The highest BCUT2D eigenvalue weighted by atomic mass is 16.5. The van der Waals surface area contributed by atoms with E-state index in [0.29, 0.717) is 67.7 Å². The Labute approximate surface area is 217 Å². The Bertz CT molecular complexity index is 1060. The van der Waals surface area contributed by atoms with Gasteiger partial charge < -0.3 is 33.5 Å². The maximum atomic E-state index is 13.2. The lowest BCUT2D eigenvalue weighted by Crippen LogP contribution is -2.54. The summed E-state index contributed by atoms with van der Waals surface area (Å²) in [5, 5.41) is 0. The normalized spacial score (nSPS) is 18.3. The molecule has 0 saturated carbocycles. The van der Waals surface area contributed by atoms with Crippen LogP contribution < -0.4 is 18.9 Å². The summed E-state index contributed by atoms with van der Waals surface area (Å²) in [5.41, 5.74) is 1.13. The summed E-state index contributed by atoms with van der Waals surface area (Å²) in [6.07, 6.45) is -0.0756. The number of piperazine rings is 1. The van der Waals surface area contributed by atoms with Crippen LogP contribution in [0.2, 0.25) is 0 Å². The molecular formula is C27H35N3O7. The fourth-order valence-corrected chi connectivity index (χ4v) is 4.74. The number of rotatable bonds is 8. The van der Waals surface area contributed by atoms with Gasteiger partial charge in [0.05, 0.1) is 41.2 Å². The van der Waals surface area contributed by atoms with Crippen LogP contribution in [0.25, 0.3) is 0 Å². The Hall–Kier alpha value is -3.50. The third-order valence-electron chi connectivity index (χ3n) is 6.80. The second kappa shape index (κ2) is 12.2. The number of methoxy groups -OCH3 is 4. The van der Waals surface area contributed by atoms with Gasteiger partial charge in [-0.15, -0.1) is 0 Å². The molecule has 2 aromatic carbocycles. The molecule has 2 aliphatic heterocycles. The number of ether oxygens (including phenoxy) is 5. The maximum absolute atomic E-state index is 13.2. The van der Waals surface area contributed by atoms with Gasteiger partial charge in [-0.1, -0.05) is 0 Å². The molecule has 2 aromatic rings. The van der Waals surface area contributed by atoms with Gasteiger partial charge in [-0.2, -0.15) is 0 Å². The van der Waals surface area contributed by atoms with Gasteiger partial charge in [0.1, 0.15) is 5.75 Å². The van der Waals surface area contributed by atoms with Gasteiger partial charge >= 0.3 is 0 Å². The van der Waals surface area contributed by atoms with Crippen LogP contribution in [0, 0.1) is 0 Å². The summed E-state index contributed by atoms with van der Waals surface area (Å²) in [5.74, 6) is 2.00. The third kappa shape index (κ3) is 6.08. The number of morpholine rings is 1. The summed E-state index contributed by atoms with van der Waals surface area (Å²) in [6, 6.07) is 10.5. The van der Waals surface area contributed by atoms with E-state index in [1.165, 1.54) is 21.3 Å². The van der Waals surface area contributed by atoms with Crippen LogP contribution in [0.4, 0.5) is 0 Å². The highest BCUT2D eigenvalue weighted by Crippen LogP contribution is 2.38. The minimum Gasteiger partial charge on any atom is -0.497 e. The standard InChI is InChI=1S/C27H35N3O7/c1-33-21-7-5-19(6-8-21)26(31)30-13-14-37-22(18-30)17-28-9-11-29(12-10-28)27(32)20-15-23(34-2)25(36-4)24(16-20)35-3/h5-8,15-16,22H,9-14,17-18H2,1-4H3/t22-/m1/s1. The van der Waals surface area contributed by atoms with E-state index in [0.717, 1.165) is 18.8 Å². The fraction of sp³-hybridized carbons (Fsp3) is 0.481. The van der Waals surface area contributed by atoms with E-state index in [4.69, 9.17) is 23.7 Å². The zero-order valence-electron chi connectivity index (χ0n) is 21.9. The molecule has 2 amide bonds. The summed E-state index contributed by atoms with van der Waals surface area (Å²) < 4.78 is 27.3. The van der Waals surface area contributed by atoms with Crippen molar-refractivity contribution in [3.8, 4) is 23.0 Å². The van der Waals surface area contributed by atoms with Gasteiger partial charge in [0.2, 0.25) is 5.75 Å². The predicted molar refractivity (Wildman–Crippen MR) is 137 cm³/mol. The fourth-order valence-electron chi connectivity index (χ4n) is 4.74. The Morgan fingerprint density at radius 1 is 0.784 bits per heavy atom. The van der Waals surface area contributed by atoms with Gasteiger partial charge in [-0.05, 0) is 36.4 Å². The van der Waals surface area contributed by atoms with Crippen LogP contribution in [0.1, 0.15) is 20.7 Å². The Morgan fingerprint density at radius 3 is 1.97 bits per heavy atom. The lowest BCUT2D eigenvalue weighted by atomic mass is 10.1. The van der Waals surface area contributed by atoms with Crippen molar-refractivity contribution in [2.24, 2.45) is 0 Å². The summed E-state index contributed by atoms with van der Waals surface area (Å²) in [6.45, 7) is 4.96. The molecule has 4 rings (SSSR count). The van der Waals surface area contributed by atoms with Crippen LogP contribution >= 0.6 is 0 Å². The Morgan fingerprint density at radius 2 is 1.41 bits per heavy atom. The monoisotopic (exact) mass is 513 g/mol. The molecule has 1 atom stereocenters. The zero-order chi connectivity index (χ0) is 26.4. The van der Waals surface area contributed by atoms with Crippen molar-refractivity contribution >= 4 is 11.8 Å². The first kappa shape index (κ1) is 26.6. The van der Waals surface area contributed by atoms with Crippen LogP contribution in [0.5, 0.6) is 23.0 Å². The topological polar surface area (TPSA) is 90.0 Å². The number of carbonyl (C=O) groups excluding carboxylic acids is 2. The first-order valence-corrected chi connectivity index (χ1v) is 12.3. The highest BCUT2D eigenvalue weighted by molar-refractivity contribution is 5.96. The van der Waals surface area contributed by atoms with Gasteiger partial charge in [0, 0.05) is 56.9 Å². The molecule has 37 heavy (non-hydrogen) atoms. The first-order valence-electron chi connectivity index (χ1n) is 12.3. The molecule has 10 nitrogen and oxygen atoms in total. The third-order valence-corrected chi connectivity index (χ3v) is 6.80. The number of benzene rings is 2. The van der Waals surface area contributed by atoms with Crippen LogP contribution in [-0.4, -0.2) is 113 Å². The van der Waals surface area contributed by atoms with E-state index in [-0.39, 0.29) is 17.9 Å². The molecule has 200 valence electrons. The van der Waals surface area contributed by atoms with E-state index in [2.05, 4.69) is 4.90 Å². The molecular weight excluding hydrogens is 478 g/mol. The number of hydrogen-bond acceptors (Lipinski definition) is 8. The second-order valence-corrected chi connectivity index (χ2v) is 8.98. The molecule has 0 N–H and O–H groups in total. The molecule has 2 aliphatic rings. The van der Waals surface area contributed by atoms with Crippen molar-refractivity contribution in [2.45, 2.75) is 6.10 Å². The van der Waals surface area contributed by atoms with Crippen molar-refractivity contribution in [2.75, 3.05) is 80.9 Å². The minimum atomic E-state index is -0.0796. The average Bonchev–Trinajstić information content (AvgIpc) is 2.96. The summed E-state index contributed by atoms with van der Waals surface area (Å²) in [4.78, 5) is 32.1. The number of amides is 2. The van der Waals surface area contributed by atoms with Gasteiger partial charge in [0.25, 0.3) is 11.8 Å². The molecule has 0 spiro atoms. The van der Waals surface area contributed by atoms with Gasteiger partial charge in [-0.3, -0.25) is 14.5 Å². The van der Waals surface area contributed by atoms with E-state index in [1.807, 2.05) is 9.80 Å². The summed E-state index contributed by atoms with van der Waals surface area (Å²) in [7, 11) is 6.20. The lowest BCUT2D eigenvalue weighted by molar-refractivity contribution is -0.0399. The minimum absolute atomic E-state index is 0.00304. The van der Waals surface area contributed by atoms with E-state index in [1.54, 1.807) is 43.5 Å². The second-order valence-electron chi connectivity index (χ2n) is 8.98. The molecule has 2 saturated heterocycles. The van der Waals surface area contributed by atoms with Crippen molar-refractivity contribution < 1.29 is 33.3 Å². The van der Waals surface area contributed by atoms with Crippen LogP contribution in [0.3, 0.4) is 0 Å². The van der Waals surface area contributed by atoms with Gasteiger partial charge in [0.15, 0.2) is 11.5 Å². The quantitative estimate of drug-likeness (QED) is 0.530. The molecule has 10 heteroatoms. The van der Waals surface area contributed by atoms with Crippen LogP contribution in [0.15, 0.2) is 36.4 Å². The van der Waals surface area contributed by atoms with E-state index in [9.17, 15) is 9.59 Å². The summed E-state index contributed by atoms with van der Waals surface area (Å²) >= 11 is 0. The van der Waals surface area contributed by atoms with E-state index < -0.39 is 0 Å². The molecule has 0 unspecified atom stereocenters. The Balaban J connectivity index is 1.31. The molecule has 0 bridgehead atoms. The molecule has 0 radical (unpaired) electrons. The molecule has 0 aliphatic carbocycles. The molecule has 0 aromatic heterocycles. The number of hydrogen-bond donors (Lipinski definition) is 0. The Kier molecular flexibility index (Phi) is 8.73. The molecule has 2 heterocycles. The van der Waals surface area contributed by atoms with E-state index >= 15 is 0 Å². The smallest absolute Gasteiger partial charge is 0.254 e. The molecule has 2 fully saturated rings. The average molecular weight is 514 g/mol. The van der Waals surface area contributed by atoms with Crippen molar-refractivity contribution in [1.29, 1.82) is 0 Å².